The zero-order valence-electron chi connectivity index (χ0n) is 30.6. The Kier molecular flexibility index (Phi) is 7.17. The highest BCUT2D eigenvalue weighted by atomic mass is 14.6. The van der Waals surface area contributed by atoms with Crippen LogP contribution in [0.5, 0.6) is 0 Å². The zero-order valence-corrected chi connectivity index (χ0v) is 30.6. The first-order valence-corrected chi connectivity index (χ1v) is 19.0. The molecule has 2 aliphatic rings. The van der Waals surface area contributed by atoms with Crippen LogP contribution in [0.4, 0.5) is 0 Å². The second-order valence-corrected chi connectivity index (χ2v) is 14.8. The van der Waals surface area contributed by atoms with Gasteiger partial charge in [-0.15, -0.1) is 0 Å². The lowest BCUT2D eigenvalue weighted by Crippen LogP contribution is -2.26. The molecule has 0 saturated heterocycles. The van der Waals surface area contributed by atoms with Crippen molar-refractivity contribution in [2.75, 3.05) is 0 Å². The van der Waals surface area contributed by atoms with Crippen LogP contribution in [0.25, 0.3) is 77.5 Å². The molecule has 2 aromatic heterocycles. The van der Waals surface area contributed by atoms with Gasteiger partial charge in [-0.2, -0.15) is 10.5 Å². The molecular formula is C53H30N4. The molecule has 0 unspecified atom stereocenters. The maximum Gasteiger partial charge on any atom is 0.101 e. The van der Waals surface area contributed by atoms with Crippen molar-refractivity contribution in [1.82, 2.24) is 9.97 Å². The maximum absolute atomic E-state index is 9.43. The molecule has 0 saturated carbocycles. The van der Waals surface area contributed by atoms with E-state index >= 15 is 0 Å². The van der Waals surface area contributed by atoms with Crippen LogP contribution in [0.3, 0.4) is 0 Å². The van der Waals surface area contributed by atoms with E-state index in [1.165, 1.54) is 55.3 Å². The van der Waals surface area contributed by atoms with Gasteiger partial charge in [-0.25, -0.2) is 0 Å². The summed E-state index contributed by atoms with van der Waals surface area (Å²) in [5, 5.41) is 21.2. The minimum atomic E-state index is -0.508. The number of nitrogens with zero attached hydrogens (tertiary/aromatic N) is 4. The highest BCUT2D eigenvalue weighted by Crippen LogP contribution is 2.64. The van der Waals surface area contributed by atoms with Gasteiger partial charge in [-0.3, -0.25) is 9.97 Å². The van der Waals surface area contributed by atoms with E-state index in [0.29, 0.717) is 11.1 Å². The number of nitriles is 2. The molecule has 0 radical (unpaired) electrons. The van der Waals surface area contributed by atoms with Crippen LogP contribution in [0, 0.1) is 22.7 Å². The third-order valence-corrected chi connectivity index (χ3v) is 11.9. The first-order valence-electron chi connectivity index (χ1n) is 19.0. The first-order chi connectivity index (χ1) is 28.1. The molecule has 11 rings (SSSR count). The highest BCUT2D eigenvalue weighted by Gasteiger charge is 2.52. The smallest absolute Gasteiger partial charge is 0.101 e. The summed E-state index contributed by atoms with van der Waals surface area (Å²) in [7, 11) is 0. The summed E-state index contributed by atoms with van der Waals surface area (Å²) in [6.45, 7) is 0. The molecule has 2 aliphatic carbocycles. The number of aromatic nitrogens is 2. The maximum atomic E-state index is 9.43. The molecule has 0 N–H and O–H groups in total. The number of fused-ring (bicyclic) bond motifs is 12. The van der Waals surface area contributed by atoms with E-state index in [0.717, 1.165) is 44.5 Å². The lowest BCUT2D eigenvalue weighted by molar-refractivity contribution is 0.801. The van der Waals surface area contributed by atoms with E-state index in [9.17, 15) is 10.5 Å². The van der Waals surface area contributed by atoms with E-state index in [-0.39, 0.29) is 0 Å². The van der Waals surface area contributed by atoms with Crippen molar-refractivity contribution in [2.45, 2.75) is 5.41 Å². The lowest BCUT2D eigenvalue weighted by atomic mass is 9.69. The average Bonchev–Trinajstić information content (AvgIpc) is 3.76. The summed E-state index contributed by atoms with van der Waals surface area (Å²) >= 11 is 0. The molecule has 4 heteroatoms. The monoisotopic (exact) mass is 722 g/mol. The molecule has 57 heavy (non-hydrogen) atoms. The summed E-state index contributed by atoms with van der Waals surface area (Å²) in [5.41, 5.74) is 19.4. The fourth-order valence-electron chi connectivity index (χ4n) is 9.36. The van der Waals surface area contributed by atoms with E-state index < -0.39 is 5.41 Å². The summed E-state index contributed by atoms with van der Waals surface area (Å²) in [6, 6.07) is 61.6. The summed E-state index contributed by atoms with van der Waals surface area (Å²) < 4.78 is 0. The zero-order chi connectivity index (χ0) is 38.1. The lowest BCUT2D eigenvalue weighted by Gasteiger charge is -2.31. The number of benzene rings is 7. The molecule has 0 bridgehead atoms. The van der Waals surface area contributed by atoms with Gasteiger partial charge in [0, 0.05) is 35.9 Å². The summed E-state index contributed by atoms with van der Waals surface area (Å²) in [5.74, 6) is 0. The molecule has 0 atom stereocenters. The first kappa shape index (κ1) is 32.5. The molecule has 0 fully saturated rings. The third kappa shape index (κ3) is 4.85. The Hall–Kier alpha value is -7.92. The standard InChI is InChI=1S/C53H30N4/c54-27-33-23-42(31-56-29-33)37-13-9-35(10-14-37)39-17-20-44-41(25-39)19-22-48-47-21-18-40(36-11-15-38(16-12-36)43-24-34(28-55)30-57-32-43)26-51(47)53(52(44)48)49-7-3-1-5-45(49)46-6-2-4-8-50(46)53/h1-26,29-32H. The molecule has 262 valence electrons. The molecule has 1 spiro atoms. The van der Waals surface area contributed by atoms with Crippen molar-refractivity contribution in [1.29, 1.82) is 10.5 Å². The Morgan fingerprint density at radius 2 is 0.825 bits per heavy atom. The molecule has 9 aromatic rings. The van der Waals surface area contributed by atoms with Crippen molar-refractivity contribution < 1.29 is 0 Å². The van der Waals surface area contributed by atoms with E-state index in [1.807, 2.05) is 12.1 Å². The van der Waals surface area contributed by atoms with E-state index in [4.69, 9.17) is 0 Å². The van der Waals surface area contributed by atoms with Crippen LogP contribution in [0.1, 0.15) is 33.4 Å². The fourth-order valence-corrected chi connectivity index (χ4v) is 9.36. The normalized spacial score (nSPS) is 12.7. The fraction of sp³-hybridized carbons (Fsp3) is 0.0189. The van der Waals surface area contributed by atoms with E-state index in [1.54, 1.807) is 24.8 Å². The number of hydrogen-bond acceptors (Lipinski definition) is 4. The van der Waals surface area contributed by atoms with Crippen molar-refractivity contribution >= 4 is 10.8 Å². The van der Waals surface area contributed by atoms with Crippen molar-refractivity contribution in [3.05, 3.63) is 216 Å². The molecule has 0 aliphatic heterocycles. The van der Waals surface area contributed by atoms with E-state index in [2.05, 4.69) is 168 Å². The van der Waals surface area contributed by atoms with Gasteiger partial charge in [0.1, 0.15) is 12.1 Å². The topological polar surface area (TPSA) is 73.4 Å². The molecule has 0 amide bonds. The van der Waals surface area contributed by atoms with Crippen LogP contribution >= 0.6 is 0 Å². The summed E-state index contributed by atoms with van der Waals surface area (Å²) in [4.78, 5) is 8.53. The number of pyridine rings is 2. The van der Waals surface area contributed by atoms with Crippen LogP contribution < -0.4 is 0 Å². The molecule has 2 heterocycles. The van der Waals surface area contributed by atoms with Gasteiger partial charge < -0.3 is 0 Å². The Bertz CT molecular complexity index is 3150. The average molecular weight is 723 g/mol. The Balaban J connectivity index is 1.07. The van der Waals surface area contributed by atoms with Gasteiger partial charge in [0.15, 0.2) is 0 Å². The van der Waals surface area contributed by atoms with Crippen LogP contribution in [0.15, 0.2) is 183 Å². The van der Waals surface area contributed by atoms with Gasteiger partial charge in [-0.1, -0.05) is 133 Å². The second-order valence-electron chi connectivity index (χ2n) is 14.8. The van der Waals surface area contributed by atoms with Crippen LogP contribution in [-0.4, -0.2) is 9.97 Å². The van der Waals surface area contributed by atoms with Gasteiger partial charge in [0.25, 0.3) is 0 Å². The van der Waals surface area contributed by atoms with Crippen molar-refractivity contribution in [2.24, 2.45) is 0 Å². The highest BCUT2D eigenvalue weighted by molar-refractivity contribution is 6.05. The van der Waals surface area contributed by atoms with Gasteiger partial charge >= 0.3 is 0 Å². The minimum Gasteiger partial charge on any atom is -0.263 e. The van der Waals surface area contributed by atoms with Crippen LogP contribution in [0.2, 0.25) is 0 Å². The minimum absolute atomic E-state index is 0.508. The second kappa shape index (κ2) is 12.6. The number of hydrogen-bond donors (Lipinski definition) is 0. The molecular weight excluding hydrogens is 693 g/mol. The van der Waals surface area contributed by atoms with Gasteiger partial charge in [0.05, 0.1) is 16.5 Å². The van der Waals surface area contributed by atoms with Gasteiger partial charge in [0.2, 0.25) is 0 Å². The molecule has 7 aromatic carbocycles. The summed E-state index contributed by atoms with van der Waals surface area (Å²) in [6.07, 6.45) is 6.79. The Labute approximate surface area is 330 Å². The van der Waals surface area contributed by atoms with Crippen LogP contribution in [-0.2, 0) is 5.41 Å². The Morgan fingerprint density at radius 1 is 0.368 bits per heavy atom. The van der Waals surface area contributed by atoms with Crippen molar-refractivity contribution in [3.8, 4) is 78.9 Å². The van der Waals surface area contributed by atoms with Crippen molar-refractivity contribution in [3.63, 3.8) is 0 Å². The predicted molar refractivity (Wildman–Crippen MR) is 227 cm³/mol. The molecule has 4 nitrogen and oxygen atoms in total. The SMILES string of the molecule is N#Cc1cncc(-c2ccc(-c3ccc4c(c3)C3(c5ccccc5-c5ccccc53)c3c-4ccc4cc(-c5ccc(-c6cncc(C#N)c6)cc5)ccc34)cc2)c1. The van der Waals surface area contributed by atoms with Gasteiger partial charge in [-0.05, 0) is 113 Å². The number of rotatable bonds is 4. The largest absolute Gasteiger partial charge is 0.263 e. The quantitative estimate of drug-likeness (QED) is 0.181. The Morgan fingerprint density at radius 3 is 1.39 bits per heavy atom. The third-order valence-electron chi connectivity index (χ3n) is 11.9. The predicted octanol–water partition coefficient (Wildman–Crippen LogP) is 12.4.